The van der Waals surface area contributed by atoms with E-state index in [2.05, 4.69) is 10.3 Å². The number of ether oxygens (including phenoxy) is 1. The first kappa shape index (κ1) is 9.46. The summed E-state index contributed by atoms with van der Waals surface area (Å²) in [5.74, 6) is 0.895. The van der Waals surface area contributed by atoms with Gasteiger partial charge in [-0.3, -0.25) is 4.98 Å². The molecule has 3 nitrogen and oxygen atoms in total. The lowest BCUT2D eigenvalue weighted by molar-refractivity contribution is 0.372. The van der Waals surface area contributed by atoms with Crippen LogP contribution < -0.4 is 10.1 Å². The van der Waals surface area contributed by atoms with Crippen molar-refractivity contribution in [3.05, 3.63) is 24.0 Å². The normalized spacial score (nSPS) is 21.9. The lowest BCUT2D eigenvalue weighted by atomic mass is 9.98. The van der Waals surface area contributed by atoms with Gasteiger partial charge in [0.05, 0.1) is 13.3 Å². The molecule has 1 saturated heterocycles. The molecule has 1 N–H and O–H groups in total. The van der Waals surface area contributed by atoms with Crippen LogP contribution in [0.4, 0.5) is 0 Å². The van der Waals surface area contributed by atoms with Gasteiger partial charge < -0.3 is 10.1 Å². The quantitative estimate of drug-likeness (QED) is 0.777. The van der Waals surface area contributed by atoms with Gasteiger partial charge in [-0.05, 0) is 25.5 Å². The largest absolute Gasteiger partial charge is 0.495 e. The Labute approximate surface area is 84.5 Å². The molecule has 1 aliphatic rings. The zero-order valence-electron chi connectivity index (χ0n) is 8.49. The van der Waals surface area contributed by atoms with Gasteiger partial charge in [0.1, 0.15) is 5.75 Å². The van der Waals surface area contributed by atoms with E-state index in [9.17, 15) is 0 Å². The highest BCUT2D eigenvalue weighted by Crippen LogP contribution is 2.29. The Morgan fingerprint density at radius 3 is 3.14 bits per heavy atom. The molecule has 76 valence electrons. The molecule has 0 unspecified atom stereocenters. The molecule has 1 atom stereocenters. The van der Waals surface area contributed by atoms with Crippen molar-refractivity contribution in [3.8, 4) is 5.75 Å². The zero-order chi connectivity index (χ0) is 9.80. The maximum atomic E-state index is 5.30. The van der Waals surface area contributed by atoms with Gasteiger partial charge in [0.15, 0.2) is 0 Å². The maximum absolute atomic E-state index is 5.30. The molecule has 0 radical (unpaired) electrons. The average Bonchev–Trinajstić information content (AvgIpc) is 2.30. The Kier molecular flexibility index (Phi) is 2.99. The third-order valence-corrected chi connectivity index (χ3v) is 2.72. The molecule has 3 heteroatoms. The molecule has 0 saturated carbocycles. The summed E-state index contributed by atoms with van der Waals surface area (Å²) in [6.07, 6.45) is 7.38. The first-order valence-electron chi connectivity index (χ1n) is 5.13. The lowest BCUT2D eigenvalue weighted by Crippen LogP contribution is -2.27. The minimum Gasteiger partial charge on any atom is -0.495 e. The van der Waals surface area contributed by atoms with E-state index >= 15 is 0 Å². The van der Waals surface area contributed by atoms with Crippen molar-refractivity contribution in [1.82, 2.24) is 10.3 Å². The number of methoxy groups -OCH3 is 1. The molecular weight excluding hydrogens is 176 g/mol. The van der Waals surface area contributed by atoms with Gasteiger partial charge in [-0.25, -0.2) is 0 Å². The molecular formula is C11H16N2O. The van der Waals surface area contributed by atoms with Gasteiger partial charge in [-0.2, -0.15) is 0 Å². The van der Waals surface area contributed by atoms with Crippen LogP contribution in [0.3, 0.4) is 0 Å². The SMILES string of the molecule is COc1cnccc1[C@H]1CCCCN1. The Hall–Kier alpha value is -1.09. The third kappa shape index (κ3) is 1.87. The Morgan fingerprint density at radius 1 is 1.50 bits per heavy atom. The molecule has 0 amide bonds. The smallest absolute Gasteiger partial charge is 0.141 e. The van der Waals surface area contributed by atoms with Crippen LogP contribution in [0.2, 0.25) is 0 Å². The fourth-order valence-electron chi connectivity index (χ4n) is 1.97. The van der Waals surface area contributed by atoms with Crippen LogP contribution in [0.5, 0.6) is 5.75 Å². The monoisotopic (exact) mass is 192 g/mol. The zero-order valence-corrected chi connectivity index (χ0v) is 8.49. The van der Waals surface area contributed by atoms with E-state index in [4.69, 9.17) is 4.74 Å². The van der Waals surface area contributed by atoms with Crippen molar-refractivity contribution in [2.45, 2.75) is 25.3 Å². The van der Waals surface area contributed by atoms with E-state index in [0.717, 1.165) is 12.3 Å². The van der Waals surface area contributed by atoms with Crippen molar-refractivity contribution in [2.75, 3.05) is 13.7 Å². The second-order valence-corrected chi connectivity index (χ2v) is 3.62. The predicted molar refractivity (Wildman–Crippen MR) is 55.4 cm³/mol. The third-order valence-electron chi connectivity index (χ3n) is 2.72. The Morgan fingerprint density at radius 2 is 2.43 bits per heavy atom. The van der Waals surface area contributed by atoms with Crippen molar-refractivity contribution >= 4 is 0 Å². The standard InChI is InChI=1S/C11H16N2O/c1-14-11-8-12-7-5-9(11)10-4-2-3-6-13-10/h5,7-8,10,13H,2-4,6H2,1H3/t10-/m1/s1. The molecule has 1 fully saturated rings. The molecule has 1 aromatic heterocycles. The van der Waals surface area contributed by atoms with Crippen LogP contribution in [0.15, 0.2) is 18.5 Å². The summed E-state index contributed by atoms with van der Waals surface area (Å²) in [6.45, 7) is 1.11. The highest BCUT2D eigenvalue weighted by atomic mass is 16.5. The lowest BCUT2D eigenvalue weighted by Gasteiger charge is -2.24. The topological polar surface area (TPSA) is 34.1 Å². The highest BCUT2D eigenvalue weighted by molar-refractivity contribution is 5.32. The molecule has 1 aliphatic heterocycles. The summed E-state index contributed by atoms with van der Waals surface area (Å²) < 4.78 is 5.30. The van der Waals surface area contributed by atoms with Crippen LogP contribution >= 0.6 is 0 Å². The van der Waals surface area contributed by atoms with Crippen LogP contribution in [-0.2, 0) is 0 Å². The van der Waals surface area contributed by atoms with Crippen LogP contribution in [0.25, 0.3) is 0 Å². The van der Waals surface area contributed by atoms with Crippen LogP contribution in [0, 0.1) is 0 Å². The number of nitrogens with zero attached hydrogens (tertiary/aromatic N) is 1. The van der Waals surface area contributed by atoms with E-state index in [-0.39, 0.29) is 0 Å². The molecule has 0 aliphatic carbocycles. The van der Waals surface area contributed by atoms with Crippen molar-refractivity contribution in [3.63, 3.8) is 0 Å². The molecule has 0 aromatic carbocycles. The van der Waals surface area contributed by atoms with Gasteiger partial charge in [0.25, 0.3) is 0 Å². The first-order chi connectivity index (χ1) is 6.92. The first-order valence-corrected chi connectivity index (χ1v) is 5.13. The number of hydrogen-bond donors (Lipinski definition) is 1. The molecule has 0 bridgehead atoms. The number of pyridine rings is 1. The molecule has 14 heavy (non-hydrogen) atoms. The molecule has 0 spiro atoms. The van der Waals surface area contributed by atoms with E-state index in [1.165, 1.54) is 24.8 Å². The highest BCUT2D eigenvalue weighted by Gasteiger charge is 2.17. The summed E-state index contributed by atoms with van der Waals surface area (Å²) in [4.78, 5) is 4.06. The second kappa shape index (κ2) is 4.42. The van der Waals surface area contributed by atoms with E-state index < -0.39 is 0 Å². The number of piperidine rings is 1. The average molecular weight is 192 g/mol. The summed E-state index contributed by atoms with van der Waals surface area (Å²) in [6, 6.07) is 2.49. The molecule has 1 aromatic rings. The van der Waals surface area contributed by atoms with Crippen molar-refractivity contribution in [1.29, 1.82) is 0 Å². The van der Waals surface area contributed by atoms with Gasteiger partial charge in [0.2, 0.25) is 0 Å². The van der Waals surface area contributed by atoms with Gasteiger partial charge in [0, 0.05) is 17.8 Å². The Bertz CT molecular complexity index is 295. The fraction of sp³-hybridized carbons (Fsp3) is 0.545. The second-order valence-electron chi connectivity index (χ2n) is 3.62. The minimum absolute atomic E-state index is 0.446. The summed E-state index contributed by atoms with van der Waals surface area (Å²) in [7, 11) is 1.70. The maximum Gasteiger partial charge on any atom is 0.141 e. The van der Waals surface area contributed by atoms with Crippen molar-refractivity contribution in [2.24, 2.45) is 0 Å². The fourth-order valence-corrected chi connectivity index (χ4v) is 1.97. The van der Waals surface area contributed by atoms with Crippen molar-refractivity contribution < 1.29 is 4.74 Å². The summed E-state index contributed by atoms with van der Waals surface area (Å²) in [5, 5.41) is 3.50. The van der Waals surface area contributed by atoms with Gasteiger partial charge in [-0.15, -0.1) is 0 Å². The molecule has 2 rings (SSSR count). The number of hydrogen-bond acceptors (Lipinski definition) is 3. The Balaban J connectivity index is 2.20. The van der Waals surface area contributed by atoms with Crippen LogP contribution in [0.1, 0.15) is 30.9 Å². The van der Waals surface area contributed by atoms with Gasteiger partial charge in [-0.1, -0.05) is 6.42 Å². The number of nitrogens with one attached hydrogen (secondary N) is 1. The van der Waals surface area contributed by atoms with Crippen LogP contribution in [-0.4, -0.2) is 18.6 Å². The van der Waals surface area contributed by atoms with Gasteiger partial charge >= 0.3 is 0 Å². The summed E-state index contributed by atoms with van der Waals surface area (Å²) >= 11 is 0. The predicted octanol–water partition coefficient (Wildman–Crippen LogP) is 1.90. The summed E-state index contributed by atoms with van der Waals surface area (Å²) in [5.41, 5.74) is 1.24. The van der Waals surface area contributed by atoms with E-state index in [0.29, 0.717) is 6.04 Å². The number of rotatable bonds is 2. The number of aromatic nitrogens is 1. The minimum atomic E-state index is 0.446. The van der Waals surface area contributed by atoms with E-state index in [1.807, 2.05) is 12.3 Å². The molecule has 2 heterocycles. The van der Waals surface area contributed by atoms with E-state index in [1.54, 1.807) is 13.3 Å².